The molecule has 0 fully saturated rings. The first-order valence-electron chi connectivity index (χ1n) is 3.58. The number of para-hydroxylation sites is 1. The Morgan fingerprint density at radius 2 is 2.09 bits per heavy atom. The molecule has 0 aliphatic carbocycles. The molecule has 0 N–H and O–H groups in total. The standard InChI is InChI=1S/C6H6O.C3H5.Al/c7-6-4-2-1-3-5-6;1-3-2;/h1-5,7H;3H,1-2H2;/q;;+2/p-1. The Morgan fingerprint density at radius 3 is 2.73 bits per heavy atom. The molecule has 1 aromatic carbocycles. The van der Waals surface area contributed by atoms with Gasteiger partial charge in [-0.15, -0.1) is 0 Å². The Kier molecular flexibility index (Phi) is 3.82. The van der Waals surface area contributed by atoms with Crippen LogP contribution in [0.4, 0.5) is 0 Å². The zero-order chi connectivity index (χ0) is 7.94. The van der Waals surface area contributed by atoms with Crippen molar-refractivity contribution in [1.29, 1.82) is 0 Å². The fraction of sp³-hybridized carbons (Fsp3) is 0.111. The van der Waals surface area contributed by atoms with Gasteiger partial charge in [-0.2, -0.15) is 0 Å². The van der Waals surface area contributed by atoms with E-state index in [9.17, 15) is 0 Å². The summed E-state index contributed by atoms with van der Waals surface area (Å²) in [6.07, 6.45) is 1.89. The van der Waals surface area contributed by atoms with Crippen LogP contribution in [0.5, 0.6) is 5.75 Å². The summed E-state index contributed by atoms with van der Waals surface area (Å²) in [5.74, 6) is 0.962. The minimum absolute atomic E-state index is 0.0433. The monoisotopic (exact) mass is 161 g/mol. The zero-order valence-electron chi connectivity index (χ0n) is 6.36. The van der Waals surface area contributed by atoms with Crippen molar-refractivity contribution in [2.24, 2.45) is 0 Å². The molecule has 1 rings (SSSR count). The van der Waals surface area contributed by atoms with Crippen LogP contribution in [0.25, 0.3) is 0 Å². The van der Waals surface area contributed by atoms with Crippen LogP contribution >= 0.6 is 0 Å². The van der Waals surface area contributed by atoms with Crippen molar-refractivity contribution in [1.82, 2.24) is 0 Å². The summed E-state index contributed by atoms with van der Waals surface area (Å²) >= 11 is 0.0433. The topological polar surface area (TPSA) is 9.23 Å². The van der Waals surface area contributed by atoms with E-state index in [1.165, 1.54) is 0 Å². The van der Waals surface area contributed by atoms with E-state index >= 15 is 0 Å². The average molecular weight is 161 g/mol. The first-order chi connectivity index (χ1) is 5.43. The van der Waals surface area contributed by atoms with Gasteiger partial charge in [-0.1, -0.05) is 0 Å². The van der Waals surface area contributed by atoms with Gasteiger partial charge in [-0.25, -0.2) is 0 Å². The van der Waals surface area contributed by atoms with Crippen molar-refractivity contribution in [3.63, 3.8) is 0 Å². The van der Waals surface area contributed by atoms with Gasteiger partial charge in [0.1, 0.15) is 0 Å². The Hall–Kier alpha value is -0.708. The summed E-state index contributed by atoms with van der Waals surface area (Å²) in [5, 5.41) is 0.981. The second-order valence-electron chi connectivity index (χ2n) is 2.12. The van der Waals surface area contributed by atoms with Gasteiger partial charge in [-0.3, -0.25) is 0 Å². The molecule has 0 amide bonds. The predicted octanol–water partition coefficient (Wildman–Crippen LogP) is 2.29. The molecular formula is C9H10AlO+. The van der Waals surface area contributed by atoms with Crippen molar-refractivity contribution < 1.29 is 3.79 Å². The van der Waals surface area contributed by atoms with E-state index in [0.717, 1.165) is 11.0 Å². The van der Waals surface area contributed by atoms with Gasteiger partial charge in [0.25, 0.3) is 0 Å². The molecule has 0 saturated carbocycles. The van der Waals surface area contributed by atoms with E-state index in [-0.39, 0.29) is 15.6 Å². The van der Waals surface area contributed by atoms with Crippen LogP contribution in [0, 0.1) is 0 Å². The molecule has 1 aromatic rings. The number of allylic oxidation sites excluding steroid dienone is 1. The van der Waals surface area contributed by atoms with E-state index in [1.54, 1.807) is 0 Å². The molecule has 0 aliphatic heterocycles. The molecule has 0 unspecified atom stereocenters. The van der Waals surface area contributed by atoms with Gasteiger partial charge < -0.3 is 0 Å². The van der Waals surface area contributed by atoms with E-state index in [2.05, 4.69) is 6.58 Å². The summed E-state index contributed by atoms with van der Waals surface area (Å²) in [6.45, 7) is 3.63. The first-order valence-corrected chi connectivity index (χ1v) is 4.86. The summed E-state index contributed by atoms with van der Waals surface area (Å²) in [6, 6.07) is 9.87. The van der Waals surface area contributed by atoms with Crippen molar-refractivity contribution >= 4 is 15.6 Å². The molecule has 0 aromatic heterocycles. The van der Waals surface area contributed by atoms with E-state index in [4.69, 9.17) is 3.79 Å². The molecule has 1 nitrogen and oxygen atoms in total. The van der Waals surface area contributed by atoms with Crippen molar-refractivity contribution in [2.75, 3.05) is 0 Å². The van der Waals surface area contributed by atoms with Crippen molar-refractivity contribution in [3.05, 3.63) is 43.0 Å². The van der Waals surface area contributed by atoms with Gasteiger partial charge in [0.2, 0.25) is 0 Å². The third-order valence-electron chi connectivity index (χ3n) is 1.23. The molecule has 54 valence electrons. The van der Waals surface area contributed by atoms with Gasteiger partial charge in [0.15, 0.2) is 0 Å². The maximum atomic E-state index is 5.46. The first kappa shape index (κ1) is 8.39. The molecule has 0 atom stereocenters. The molecule has 0 aliphatic rings. The van der Waals surface area contributed by atoms with Gasteiger partial charge in [0.05, 0.1) is 0 Å². The summed E-state index contributed by atoms with van der Waals surface area (Å²) in [4.78, 5) is 0. The molecule has 0 radical (unpaired) electrons. The van der Waals surface area contributed by atoms with E-state index in [1.807, 2.05) is 36.4 Å². The van der Waals surface area contributed by atoms with Crippen LogP contribution in [0.2, 0.25) is 5.28 Å². The Labute approximate surface area is 73.7 Å². The number of benzene rings is 1. The third kappa shape index (κ3) is 3.27. The second kappa shape index (κ2) is 5.01. The van der Waals surface area contributed by atoms with Crippen LogP contribution in [-0.2, 0) is 0 Å². The molecule has 0 saturated heterocycles. The molecule has 0 spiro atoms. The van der Waals surface area contributed by atoms with Crippen LogP contribution in [0.3, 0.4) is 0 Å². The average Bonchev–Trinajstić information content (AvgIpc) is 2.07. The van der Waals surface area contributed by atoms with Crippen LogP contribution < -0.4 is 3.79 Å². The fourth-order valence-corrected chi connectivity index (χ4v) is 1.29. The van der Waals surface area contributed by atoms with Crippen molar-refractivity contribution in [2.45, 2.75) is 5.28 Å². The molecule has 11 heavy (non-hydrogen) atoms. The Morgan fingerprint density at radius 1 is 1.36 bits per heavy atom. The number of hydrogen-bond acceptors (Lipinski definition) is 1. The van der Waals surface area contributed by atoms with Gasteiger partial charge in [0, 0.05) is 0 Å². The normalized spacial score (nSPS) is 8.36. The van der Waals surface area contributed by atoms with Crippen molar-refractivity contribution in [3.8, 4) is 5.75 Å². The predicted molar refractivity (Wildman–Crippen MR) is 47.8 cm³/mol. The quantitative estimate of drug-likeness (QED) is 0.374. The number of hydrogen-bond donors (Lipinski definition) is 0. The SMILES string of the molecule is C=C[CH2][Al+][O]c1ccccc1. The molecule has 0 heterocycles. The van der Waals surface area contributed by atoms with Crippen LogP contribution in [-0.4, -0.2) is 15.6 Å². The zero-order valence-corrected chi connectivity index (χ0v) is 7.52. The van der Waals surface area contributed by atoms with Crippen LogP contribution in [0.15, 0.2) is 43.0 Å². The molecular weight excluding hydrogens is 151 g/mol. The number of rotatable bonds is 4. The Balaban J connectivity index is 2.33. The van der Waals surface area contributed by atoms with Gasteiger partial charge in [-0.05, 0) is 0 Å². The third-order valence-corrected chi connectivity index (χ3v) is 2.19. The van der Waals surface area contributed by atoms with E-state index in [0.29, 0.717) is 0 Å². The van der Waals surface area contributed by atoms with Gasteiger partial charge >= 0.3 is 73.4 Å². The second-order valence-corrected chi connectivity index (χ2v) is 3.16. The summed E-state index contributed by atoms with van der Waals surface area (Å²) in [7, 11) is 0. The molecule has 2 heteroatoms. The van der Waals surface area contributed by atoms with E-state index < -0.39 is 0 Å². The summed E-state index contributed by atoms with van der Waals surface area (Å²) < 4.78 is 5.46. The Bertz CT molecular complexity index is 208. The maximum absolute atomic E-state index is 5.46. The summed E-state index contributed by atoms with van der Waals surface area (Å²) in [5.41, 5.74) is 0. The molecule has 0 bridgehead atoms. The minimum atomic E-state index is 0.0433. The fourth-order valence-electron chi connectivity index (χ4n) is 0.711. The van der Waals surface area contributed by atoms with Crippen LogP contribution in [0.1, 0.15) is 0 Å².